The van der Waals surface area contributed by atoms with Gasteiger partial charge in [-0.15, -0.1) is 0 Å². The van der Waals surface area contributed by atoms with Gasteiger partial charge in [-0.2, -0.15) is 0 Å². The maximum atomic E-state index is 12.6. The molecule has 0 atom stereocenters. The predicted octanol–water partition coefficient (Wildman–Crippen LogP) is 5.59. The van der Waals surface area contributed by atoms with Crippen LogP contribution in [-0.2, 0) is 0 Å². The number of ether oxygens (including phenoxy) is 2. The van der Waals surface area contributed by atoms with Crippen LogP contribution in [0.2, 0.25) is 0 Å². The van der Waals surface area contributed by atoms with Crippen LogP contribution >= 0.6 is 0 Å². The molecule has 0 radical (unpaired) electrons. The Labute approximate surface area is 203 Å². The zero-order valence-electron chi connectivity index (χ0n) is 19.9. The van der Waals surface area contributed by atoms with Gasteiger partial charge in [-0.3, -0.25) is 9.79 Å². The first-order valence-corrected chi connectivity index (χ1v) is 11.0. The highest BCUT2D eigenvalue weighted by atomic mass is 16.5. The number of urea groups is 1. The molecular weight excluding hydrogens is 444 g/mol. The van der Waals surface area contributed by atoms with Crippen LogP contribution in [0.5, 0.6) is 11.5 Å². The molecule has 1 aliphatic heterocycles. The molecule has 0 spiro atoms. The Bertz CT molecular complexity index is 1440. The van der Waals surface area contributed by atoms with Crippen LogP contribution in [0.25, 0.3) is 11.3 Å². The summed E-state index contributed by atoms with van der Waals surface area (Å²) in [6.07, 6.45) is 0. The summed E-state index contributed by atoms with van der Waals surface area (Å²) in [5.74, 6) is 1.10. The van der Waals surface area contributed by atoms with E-state index >= 15 is 0 Å². The number of benzene rings is 2. The number of aryl methyl sites for hydroxylation is 1. The molecule has 0 aromatic heterocycles. The molecule has 35 heavy (non-hydrogen) atoms. The van der Waals surface area contributed by atoms with Crippen LogP contribution in [0.3, 0.4) is 0 Å². The van der Waals surface area contributed by atoms with E-state index in [-0.39, 0.29) is 5.56 Å². The van der Waals surface area contributed by atoms with Gasteiger partial charge >= 0.3 is 6.03 Å². The van der Waals surface area contributed by atoms with Gasteiger partial charge in [0.2, 0.25) is 0 Å². The Balaban J connectivity index is 1.57. The molecule has 2 aliphatic rings. The fourth-order valence-corrected chi connectivity index (χ4v) is 3.77. The van der Waals surface area contributed by atoms with E-state index in [1.807, 2.05) is 43.3 Å². The predicted molar refractivity (Wildman–Crippen MR) is 139 cm³/mol. The van der Waals surface area contributed by atoms with Crippen molar-refractivity contribution in [1.29, 1.82) is 0 Å². The lowest BCUT2D eigenvalue weighted by Crippen LogP contribution is -2.19. The first-order chi connectivity index (χ1) is 16.9. The highest BCUT2D eigenvalue weighted by Gasteiger charge is 2.17. The van der Waals surface area contributed by atoms with Gasteiger partial charge in [0.25, 0.3) is 5.56 Å². The summed E-state index contributed by atoms with van der Waals surface area (Å²) in [6.45, 7) is 3.73. The normalized spacial score (nSPS) is 11.3. The van der Waals surface area contributed by atoms with Crippen LogP contribution in [0.15, 0.2) is 76.5 Å². The van der Waals surface area contributed by atoms with E-state index in [1.54, 1.807) is 44.4 Å². The van der Waals surface area contributed by atoms with Gasteiger partial charge < -0.3 is 25.1 Å². The number of fused-ring (bicyclic) bond motifs is 1. The highest BCUT2D eigenvalue weighted by Crippen LogP contribution is 2.30. The average Bonchev–Trinajstić information content (AvgIpc) is 2.99. The average molecular weight is 471 g/mol. The van der Waals surface area contributed by atoms with Crippen molar-refractivity contribution in [1.82, 2.24) is 4.98 Å². The molecule has 8 heteroatoms. The lowest BCUT2D eigenvalue weighted by molar-refractivity contribution is 0.262. The number of anilines is 2. The van der Waals surface area contributed by atoms with Gasteiger partial charge in [0, 0.05) is 23.0 Å². The number of carbonyl (C=O) groups excluding carboxylic acids is 1. The number of carbonyl (C=O) groups is 1. The standard InChI is InChI=1S/C27H26N4O4/c1-16-10-11-18(29-27(33)31-22-13-12-19(34-3)15-24(22)35-4)14-23(16)28-17(2)25-20-8-6-5-7-9-21(20)30-26(25)32/h5-15H,1-4H3,(H,30,32)(H2,29,31,33). The Kier molecular flexibility index (Phi) is 6.82. The number of nitrogens with zero attached hydrogens (tertiary/aromatic N) is 1. The Hall–Kier alpha value is -4.59. The molecule has 178 valence electrons. The van der Waals surface area contributed by atoms with Crippen molar-refractivity contribution in [3.63, 3.8) is 0 Å². The molecule has 1 aliphatic carbocycles. The second kappa shape index (κ2) is 10.1. The minimum atomic E-state index is -0.435. The van der Waals surface area contributed by atoms with Crippen molar-refractivity contribution >= 4 is 28.8 Å². The van der Waals surface area contributed by atoms with E-state index in [2.05, 4.69) is 15.6 Å². The molecule has 3 N–H and O–H groups in total. The largest absolute Gasteiger partial charge is 0.497 e. The molecule has 8 nitrogen and oxygen atoms in total. The summed E-state index contributed by atoms with van der Waals surface area (Å²) in [7, 11) is 3.08. The first-order valence-electron chi connectivity index (χ1n) is 11.0. The number of methoxy groups -OCH3 is 2. The van der Waals surface area contributed by atoms with E-state index in [4.69, 9.17) is 14.5 Å². The van der Waals surface area contributed by atoms with Crippen LogP contribution in [0.1, 0.15) is 18.1 Å². The summed E-state index contributed by atoms with van der Waals surface area (Å²) in [5.41, 5.74) is 5.09. The Morgan fingerprint density at radius 3 is 2.51 bits per heavy atom. The fraction of sp³-hybridized carbons (Fsp3) is 0.148. The third-order valence-electron chi connectivity index (χ3n) is 5.56. The summed E-state index contributed by atoms with van der Waals surface area (Å²) < 4.78 is 10.5. The van der Waals surface area contributed by atoms with E-state index in [0.717, 1.165) is 16.8 Å². The second-order valence-electron chi connectivity index (χ2n) is 7.91. The van der Waals surface area contributed by atoms with Crippen molar-refractivity contribution < 1.29 is 14.3 Å². The quantitative estimate of drug-likeness (QED) is 0.320. The number of aromatic nitrogens is 1. The molecule has 2 amide bonds. The zero-order valence-corrected chi connectivity index (χ0v) is 19.9. The zero-order chi connectivity index (χ0) is 24.9. The van der Waals surface area contributed by atoms with Crippen molar-refractivity contribution in [3.8, 4) is 22.8 Å². The van der Waals surface area contributed by atoms with E-state index in [1.165, 1.54) is 7.11 Å². The smallest absolute Gasteiger partial charge is 0.323 e. The van der Waals surface area contributed by atoms with Gasteiger partial charge in [0.05, 0.1) is 36.9 Å². The number of hydrogen-bond acceptors (Lipinski definition) is 5. The molecule has 2 aromatic carbocycles. The summed E-state index contributed by atoms with van der Waals surface area (Å²) in [4.78, 5) is 32.9. The second-order valence-corrected chi connectivity index (χ2v) is 7.91. The van der Waals surface area contributed by atoms with Crippen LogP contribution in [0.4, 0.5) is 21.9 Å². The molecule has 1 heterocycles. The maximum absolute atomic E-state index is 12.6. The lowest BCUT2D eigenvalue weighted by Gasteiger charge is -2.13. The third-order valence-corrected chi connectivity index (χ3v) is 5.56. The third kappa shape index (κ3) is 5.16. The van der Waals surface area contributed by atoms with E-state index in [0.29, 0.717) is 39.8 Å². The van der Waals surface area contributed by atoms with Gasteiger partial charge in [-0.05, 0) is 49.7 Å². The number of aliphatic imine (C=N–C) groups is 1. The molecule has 0 bridgehead atoms. The van der Waals surface area contributed by atoms with Crippen molar-refractivity contribution in [2.24, 2.45) is 4.99 Å². The molecular formula is C27H26N4O4. The summed E-state index contributed by atoms with van der Waals surface area (Å²) in [6, 6.07) is 19.5. The molecule has 4 rings (SSSR count). The van der Waals surface area contributed by atoms with Gasteiger partial charge in [0.1, 0.15) is 11.5 Å². The van der Waals surface area contributed by atoms with Crippen molar-refractivity contribution in [2.75, 3.05) is 24.9 Å². The molecule has 0 fully saturated rings. The Morgan fingerprint density at radius 2 is 1.74 bits per heavy atom. The molecule has 2 aromatic rings. The number of H-pyrrole nitrogens is 1. The van der Waals surface area contributed by atoms with Crippen molar-refractivity contribution in [2.45, 2.75) is 13.8 Å². The molecule has 0 saturated heterocycles. The maximum Gasteiger partial charge on any atom is 0.323 e. The van der Waals surface area contributed by atoms with E-state index in [9.17, 15) is 9.59 Å². The van der Waals surface area contributed by atoms with Gasteiger partial charge in [0.15, 0.2) is 0 Å². The summed E-state index contributed by atoms with van der Waals surface area (Å²) in [5, 5.41) is 5.59. The SMILES string of the molecule is COc1ccc(NC(=O)Nc2ccc(C)c(N=C(C)c3c4cccccc-4[nH]c3=O)c2)c(OC)c1. The number of amides is 2. The molecule has 0 saturated carbocycles. The number of aromatic amines is 1. The first kappa shape index (κ1) is 23.6. The highest BCUT2D eigenvalue weighted by molar-refractivity contribution is 6.06. The summed E-state index contributed by atoms with van der Waals surface area (Å²) >= 11 is 0. The van der Waals surface area contributed by atoms with Crippen molar-refractivity contribution in [3.05, 3.63) is 88.2 Å². The van der Waals surface area contributed by atoms with E-state index < -0.39 is 6.03 Å². The number of hydrogen-bond donors (Lipinski definition) is 3. The fourth-order valence-electron chi connectivity index (χ4n) is 3.77. The lowest BCUT2D eigenvalue weighted by atomic mass is 10.1. The van der Waals surface area contributed by atoms with Crippen LogP contribution < -0.4 is 25.7 Å². The van der Waals surface area contributed by atoms with Gasteiger partial charge in [-0.1, -0.05) is 30.3 Å². The number of nitrogens with one attached hydrogen (secondary N) is 3. The number of rotatable bonds is 6. The minimum absolute atomic E-state index is 0.188. The van der Waals surface area contributed by atoms with Crippen LogP contribution in [0, 0.1) is 6.92 Å². The van der Waals surface area contributed by atoms with Gasteiger partial charge in [-0.25, -0.2) is 4.79 Å². The molecule has 0 unspecified atom stereocenters. The monoisotopic (exact) mass is 470 g/mol. The Morgan fingerprint density at radius 1 is 0.943 bits per heavy atom. The van der Waals surface area contributed by atoms with Crippen LogP contribution in [-0.4, -0.2) is 30.9 Å². The minimum Gasteiger partial charge on any atom is -0.497 e. The topological polar surface area (TPSA) is 105 Å².